The van der Waals surface area contributed by atoms with Gasteiger partial charge in [-0.05, 0) is 35.9 Å². The van der Waals surface area contributed by atoms with E-state index in [-0.39, 0.29) is 6.61 Å². The minimum atomic E-state index is -1.26. The number of hydrogen-bond donors (Lipinski definition) is 1. The first-order chi connectivity index (χ1) is 11.6. The minimum Gasteiger partial charge on any atom is -0.489 e. The molecule has 0 amide bonds. The molecule has 0 aliphatic carbocycles. The molecular weight excluding hydrogens is 324 g/mol. The predicted molar refractivity (Wildman–Crippen MR) is 94.3 cm³/mol. The van der Waals surface area contributed by atoms with E-state index in [0.29, 0.717) is 16.9 Å². The Morgan fingerprint density at radius 2 is 1.92 bits per heavy atom. The maximum atomic E-state index is 11.4. The molecular formula is C19H14O4S. The summed E-state index contributed by atoms with van der Waals surface area (Å²) in [6, 6.07) is 16.0. The summed E-state index contributed by atoms with van der Waals surface area (Å²) < 4.78 is 10.9. The molecule has 0 spiro atoms. The number of rotatable bonds is 3. The maximum Gasteiger partial charge on any atom is 0.336 e. The van der Waals surface area contributed by atoms with Crippen LogP contribution in [-0.4, -0.2) is 16.6 Å². The van der Waals surface area contributed by atoms with Gasteiger partial charge in [0, 0.05) is 21.9 Å². The zero-order valence-electron chi connectivity index (χ0n) is 12.7. The molecule has 1 aromatic heterocycles. The number of thioether (sulfide) groups is 1. The molecule has 0 radical (unpaired) electrons. The van der Waals surface area contributed by atoms with Crippen LogP contribution in [0.15, 0.2) is 75.3 Å². The fourth-order valence-electron chi connectivity index (χ4n) is 2.78. The van der Waals surface area contributed by atoms with Crippen molar-refractivity contribution in [2.75, 3.05) is 6.61 Å². The molecule has 0 bridgehead atoms. The van der Waals surface area contributed by atoms with Crippen molar-refractivity contribution in [1.82, 2.24) is 0 Å². The van der Waals surface area contributed by atoms with E-state index in [2.05, 4.69) is 6.58 Å². The number of fused-ring (bicyclic) bond motifs is 3. The minimum absolute atomic E-state index is 0.0769. The summed E-state index contributed by atoms with van der Waals surface area (Å²) in [6.45, 7) is 4.14. The molecule has 1 N–H and O–H groups in total. The Bertz CT molecular complexity index is 993. The van der Waals surface area contributed by atoms with Crippen LogP contribution >= 0.6 is 11.8 Å². The molecule has 0 fully saturated rings. The van der Waals surface area contributed by atoms with Crippen molar-refractivity contribution >= 4 is 28.3 Å². The summed E-state index contributed by atoms with van der Waals surface area (Å²) in [4.78, 5) is 11.0. The van der Waals surface area contributed by atoms with E-state index >= 15 is 0 Å². The fraction of sp³-hybridized carbons (Fsp3) is 0.105. The van der Waals surface area contributed by atoms with Crippen LogP contribution in [0, 0.1) is 0 Å². The lowest BCUT2D eigenvalue weighted by Gasteiger charge is -2.23. The van der Waals surface area contributed by atoms with E-state index in [9.17, 15) is 9.90 Å². The van der Waals surface area contributed by atoms with Gasteiger partial charge in [0.05, 0.1) is 0 Å². The molecule has 2 aromatic carbocycles. The highest BCUT2D eigenvalue weighted by atomic mass is 32.2. The van der Waals surface area contributed by atoms with Crippen LogP contribution in [0.4, 0.5) is 0 Å². The summed E-state index contributed by atoms with van der Waals surface area (Å²) >= 11 is 1.30. The molecule has 24 heavy (non-hydrogen) atoms. The molecule has 0 saturated heterocycles. The average Bonchev–Trinajstić information content (AvgIpc) is 2.85. The van der Waals surface area contributed by atoms with Crippen molar-refractivity contribution in [3.8, 4) is 5.75 Å². The lowest BCUT2D eigenvalue weighted by atomic mass is 9.98. The third-order valence-electron chi connectivity index (χ3n) is 3.99. The van der Waals surface area contributed by atoms with E-state index in [4.69, 9.17) is 9.15 Å². The van der Waals surface area contributed by atoms with Crippen LogP contribution in [0.2, 0.25) is 0 Å². The van der Waals surface area contributed by atoms with Crippen molar-refractivity contribution in [2.45, 2.75) is 9.83 Å². The van der Waals surface area contributed by atoms with Crippen molar-refractivity contribution in [1.29, 1.82) is 0 Å². The number of para-hydroxylation sites is 1. The largest absolute Gasteiger partial charge is 0.489 e. The van der Waals surface area contributed by atoms with Crippen LogP contribution < -0.4 is 10.4 Å². The highest BCUT2D eigenvalue weighted by molar-refractivity contribution is 8.01. The summed E-state index contributed by atoms with van der Waals surface area (Å²) in [5, 5.41) is 11.8. The monoisotopic (exact) mass is 338 g/mol. The molecule has 3 aromatic rings. The summed E-state index contributed by atoms with van der Waals surface area (Å²) in [5.74, 6) is 0.686. The Labute approximate surface area is 142 Å². The Balaban J connectivity index is 1.69. The van der Waals surface area contributed by atoms with E-state index < -0.39 is 10.6 Å². The van der Waals surface area contributed by atoms with Gasteiger partial charge in [0.25, 0.3) is 0 Å². The van der Waals surface area contributed by atoms with Crippen LogP contribution in [-0.2, 0) is 0 Å². The summed E-state index contributed by atoms with van der Waals surface area (Å²) in [5.41, 5.74) is 1.44. The van der Waals surface area contributed by atoms with Crippen LogP contribution in [0.1, 0.15) is 5.56 Å². The first kappa shape index (κ1) is 15.1. The van der Waals surface area contributed by atoms with Gasteiger partial charge in [-0.15, -0.1) is 0 Å². The highest BCUT2D eigenvalue weighted by Crippen LogP contribution is 2.52. The van der Waals surface area contributed by atoms with E-state index in [1.54, 1.807) is 12.1 Å². The molecule has 1 unspecified atom stereocenters. The smallest absolute Gasteiger partial charge is 0.336 e. The number of aliphatic hydroxyl groups is 1. The van der Waals surface area contributed by atoms with Gasteiger partial charge < -0.3 is 14.3 Å². The van der Waals surface area contributed by atoms with Gasteiger partial charge in [-0.3, -0.25) is 0 Å². The van der Waals surface area contributed by atoms with E-state index in [1.165, 1.54) is 17.8 Å². The summed E-state index contributed by atoms with van der Waals surface area (Å²) in [7, 11) is 0. The molecule has 1 atom stereocenters. The quantitative estimate of drug-likeness (QED) is 0.738. The lowest BCUT2D eigenvalue weighted by Crippen LogP contribution is -2.30. The van der Waals surface area contributed by atoms with Gasteiger partial charge in [-0.2, -0.15) is 0 Å². The zero-order chi connectivity index (χ0) is 16.7. The predicted octanol–water partition coefficient (Wildman–Crippen LogP) is 3.68. The van der Waals surface area contributed by atoms with Gasteiger partial charge in [-0.25, -0.2) is 4.79 Å². The standard InChI is InChI=1S/C19H14O4S/c1-12-18-14-7-10-17(20)23-15(14)8-9-16(18)24-19(12,21)11-22-13-5-3-2-4-6-13/h2-10,21H,1,11H2. The number of hydrogen-bond acceptors (Lipinski definition) is 5. The Morgan fingerprint density at radius 3 is 2.71 bits per heavy atom. The maximum absolute atomic E-state index is 11.4. The number of ether oxygens (including phenoxy) is 1. The second-order valence-corrected chi connectivity index (χ2v) is 6.89. The normalized spacial score (nSPS) is 19.5. The topological polar surface area (TPSA) is 59.7 Å². The van der Waals surface area contributed by atoms with Crippen molar-refractivity contribution in [2.24, 2.45) is 0 Å². The van der Waals surface area contributed by atoms with Crippen molar-refractivity contribution in [3.63, 3.8) is 0 Å². The van der Waals surface area contributed by atoms with Crippen LogP contribution in [0.25, 0.3) is 16.5 Å². The third-order valence-corrected chi connectivity index (χ3v) is 5.26. The first-order valence-electron chi connectivity index (χ1n) is 7.43. The second-order valence-electron chi connectivity index (χ2n) is 5.57. The first-order valence-corrected chi connectivity index (χ1v) is 8.24. The Hall–Kier alpha value is -2.50. The van der Waals surface area contributed by atoms with Gasteiger partial charge in [0.15, 0.2) is 4.93 Å². The average molecular weight is 338 g/mol. The van der Waals surface area contributed by atoms with Gasteiger partial charge in [0.1, 0.15) is 17.9 Å². The highest BCUT2D eigenvalue weighted by Gasteiger charge is 2.42. The Morgan fingerprint density at radius 1 is 1.12 bits per heavy atom. The van der Waals surface area contributed by atoms with E-state index in [0.717, 1.165) is 15.8 Å². The molecule has 0 saturated carbocycles. The lowest BCUT2D eigenvalue weighted by molar-refractivity contribution is 0.126. The molecule has 2 heterocycles. The summed E-state index contributed by atoms with van der Waals surface area (Å²) in [6.07, 6.45) is 0. The molecule has 120 valence electrons. The Kier molecular flexibility index (Phi) is 3.48. The zero-order valence-corrected chi connectivity index (χ0v) is 13.5. The third kappa shape index (κ3) is 2.42. The van der Waals surface area contributed by atoms with Crippen molar-refractivity contribution < 1.29 is 14.3 Å². The molecule has 4 nitrogen and oxygen atoms in total. The molecule has 1 aliphatic heterocycles. The van der Waals surface area contributed by atoms with E-state index in [1.807, 2.05) is 36.4 Å². The molecule has 1 aliphatic rings. The SMILES string of the molecule is C=C1c2c(ccc3oc(=O)ccc23)SC1(O)COc1ccccc1. The second kappa shape index (κ2) is 5.54. The van der Waals surface area contributed by atoms with Gasteiger partial charge in [0.2, 0.25) is 0 Å². The van der Waals surface area contributed by atoms with Gasteiger partial charge >= 0.3 is 5.63 Å². The van der Waals surface area contributed by atoms with Crippen LogP contribution in [0.3, 0.4) is 0 Å². The molecule has 5 heteroatoms. The van der Waals surface area contributed by atoms with Crippen molar-refractivity contribution in [3.05, 3.63) is 77.2 Å². The van der Waals surface area contributed by atoms with Gasteiger partial charge in [-0.1, -0.05) is 36.5 Å². The number of benzene rings is 2. The molecule has 4 rings (SSSR count). The van der Waals surface area contributed by atoms with Crippen LogP contribution in [0.5, 0.6) is 5.75 Å². The fourth-order valence-corrected chi connectivity index (χ4v) is 3.96.